The fourth-order valence-electron chi connectivity index (χ4n) is 3.61. The van der Waals surface area contributed by atoms with Crippen molar-refractivity contribution in [2.75, 3.05) is 22.6 Å². The summed E-state index contributed by atoms with van der Waals surface area (Å²) in [4.78, 5) is 38.4. The normalized spacial score (nSPS) is 13.7. The van der Waals surface area contributed by atoms with Gasteiger partial charge in [-0.3, -0.25) is 14.4 Å². The first-order valence-corrected chi connectivity index (χ1v) is 11.2. The van der Waals surface area contributed by atoms with E-state index in [-0.39, 0.29) is 23.7 Å². The first-order chi connectivity index (χ1) is 17.6. The van der Waals surface area contributed by atoms with E-state index in [1.54, 1.807) is 48.5 Å². The van der Waals surface area contributed by atoms with E-state index in [0.29, 0.717) is 33.7 Å². The van der Waals surface area contributed by atoms with Crippen LogP contribution in [0.3, 0.4) is 0 Å². The number of imide groups is 1. The Morgan fingerprint density at radius 1 is 0.946 bits per heavy atom. The van der Waals surface area contributed by atoms with E-state index in [1.165, 1.54) is 13.2 Å². The Morgan fingerprint density at radius 3 is 2.32 bits per heavy atom. The molecule has 0 saturated heterocycles. The molecule has 37 heavy (non-hydrogen) atoms. The Labute approximate surface area is 214 Å². The van der Waals surface area contributed by atoms with Gasteiger partial charge in [0.05, 0.1) is 24.8 Å². The van der Waals surface area contributed by atoms with Gasteiger partial charge >= 0.3 is 6.18 Å². The first-order valence-electron chi connectivity index (χ1n) is 10.8. The van der Waals surface area contributed by atoms with Gasteiger partial charge in [-0.05, 0) is 48.0 Å². The molecule has 3 aromatic carbocycles. The number of halogens is 4. The van der Waals surface area contributed by atoms with Crippen LogP contribution in [0.4, 0.5) is 30.2 Å². The monoisotopic (exact) mass is 529 g/mol. The van der Waals surface area contributed by atoms with Crippen LogP contribution in [0.1, 0.15) is 11.1 Å². The summed E-state index contributed by atoms with van der Waals surface area (Å²) in [7, 11) is 1.53. The second-order valence-corrected chi connectivity index (χ2v) is 8.34. The topological polar surface area (TPSA) is 87.7 Å². The Balaban J connectivity index is 1.43. The molecule has 0 atom stereocenters. The summed E-state index contributed by atoms with van der Waals surface area (Å²) in [5.74, 6) is -1.49. The van der Waals surface area contributed by atoms with E-state index in [2.05, 4.69) is 10.6 Å². The third kappa shape index (κ3) is 5.75. The number of hydrogen-bond donors (Lipinski definition) is 2. The van der Waals surface area contributed by atoms with Crippen molar-refractivity contribution in [1.82, 2.24) is 0 Å². The van der Waals surface area contributed by atoms with Gasteiger partial charge in [-0.25, -0.2) is 4.90 Å². The molecule has 11 heteroatoms. The summed E-state index contributed by atoms with van der Waals surface area (Å²) in [6, 6.07) is 17.2. The zero-order valence-electron chi connectivity index (χ0n) is 19.2. The van der Waals surface area contributed by atoms with Crippen LogP contribution in [0, 0.1) is 0 Å². The van der Waals surface area contributed by atoms with E-state index >= 15 is 0 Å². The lowest BCUT2D eigenvalue weighted by molar-refractivity contribution is -0.137. The molecule has 1 aliphatic rings. The number of benzene rings is 3. The van der Waals surface area contributed by atoms with Gasteiger partial charge in [-0.2, -0.15) is 13.2 Å². The van der Waals surface area contributed by atoms with E-state index in [4.69, 9.17) is 16.3 Å². The van der Waals surface area contributed by atoms with Gasteiger partial charge in [-0.15, -0.1) is 0 Å². The third-order valence-corrected chi connectivity index (χ3v) is 5.75. The molecule has 190 valence electrons. The minimum atomic E-state index is -4.65. The van der Waals surface area contributed by atoms with E-state index < -0.39 is 28.6 Å². The highest BCUT2D eigenvalue weighted by molar-refractivity contribution is 6.53. The molecule has 0 fully saturated rings. The second kappa shape index (κ2) is 10.4. The van der Waals surface area contributed by atoms with Crippen LogP contribution in [0.2, 0.25) is 0 Å². The van der Waals surface area contributed by atoms with Crippen molar-refractivity contribution < 1.29 is 32.3 Å². The minimum Gasteiger partial charge on any atom is -0.497 e. The smallest absolute Gasteiger partial charge is 0.416 e. The lowest BCUT2D eigenvalue weighted by Crippen LogP contribution is -2.32. The molecule has 1 heterocycles. The van der Waals surface area contributed by atoms with Crippen LogP contribution in [0.15, 0.2) is 83.5 Å². The van der Waals surface area contributed by atoms with Crippen LogP contribution in [0.5, 0.6) is 5.75 Å². The lowest BCUT2D eigenvalue weighted by atomic mass is 10.1. The molecule has 2 N–H and O–H groups in total. The molecule has 3 amide bonds. The van der Waals surface area contributed by atoms with Crippen LogP contribution in [-0.2, 0) is 27.0 Å². The summed E-state index contributed by atoms with van der Waals surface area (Å²) in [6.07, 6.45) is -4.57. The lowest BCUT2D eigenvalue weighted by Gasteiger charge is -2.17. The number of carbonyl (C=O) groups is 3. The number of nitrogens with one attached hydrogen (secondary N) is 2. The molecule has 0 bridgehead atoms. The minimum absolute atomic E-state index is 0.0711. The van der Waals surface area contributed by atoms with Crippen LogP contribution in [0.25, 0.3) is 0 Å². The van der Waals surface area contributed by atoms with E-state index in [9.17, 15) is 27.6 Å². The quantitative estimate of drug-likeness (QED) is 0.404. The van der Waals surface area contributed by atoms with Crippen LogP contribution >= 0.6 is 11.6 Å². The summed E-state index contributed by atoms with van der Waals surface area (Å²) >= 11 is 6.07. The number of amides is 3. The van der Waals surface area contributed by atoms with Crippen LogP contribution in [-0.4, -0.2) is 24.8 Å². The molecule has 3 aromatic rings. The average molecular weight is 530 g/mol. The number of anilines is 3. The molecule has 7 nitrogen and oxygen atoms in total. The first kappa shape index (κ1) is 25.8. The maximum atomic E-state index is 13.1. The van der Waals surface area contributed by atoms with Gasteiger partial charge in [0.15, 0.2) is 0 Å². The number of methoxy groups -OCH3 is 1. The highest BCUT2D eigenvalue weighted by Crippen LogP contribution is 2.35. The number of rotatable bonds is 7. The van der Waals surface area contributed by atoms with E-state index in [1.807, 2.05) is 0 Å². The van der Waals surface area contributed by atoms with Crippen molar-refractivity contribution in [3.05, 3.63) is 94.7 Å². The van der Waals surface area contributed by atoms with Crippen molar-refractivity contribution in [3.8, 4) is 5.75 Å². The Hall–Kier alpha value is -4.31. The standard InChI is InChI=1S/C26H19ClF3N3O4/c1-37-20-7-3-5-18(14-20)31-21(34)12-15-8-10-17(11-9-15)32-23-22(27)24(35)33(25(23)36)19-6-2-4-16(13-19)26(28,29)30/h2-11,13-14,32H,12H2,1H3,(H,31,34). The Kier molecular flexibility index (Phi) is 7.21. The fraction of sp³-hybridized carbons (Fsp3) is 0.115. The predicted molar refractivity (Wildman–Crippen MR) is 132 cm³/mol. The number of ether oxygens (including phenoxy) is 1. The number of nitrogens with zero attached hydrogens (tertiary/aromatic N) is 1. The SMILES string of the molecule is COc1cccc(NC(=O)Cc2ccc(NC3=C(Cl)C(=O)N(c4cccc(C(F)(F)F)c4)C3=O)cc2)c1. The van der Waals surface area contributed by atoms with Crippen molar-refractivity contribution in [3.63, 3.8) is 0 Å². The largest absolute Gasteiger partial charge is 0.497 e. The van der Waals surface area contributed by atoms with Gasteiger partial charge in [-0.1, -0.05) is 35.9 Å². The predicted octanol–water partition coefficient (Wildman–Crippen LogP) is 5.33. The van der Waals surface area contributed by atoms with Crippen LogP contribution < -0.4 is 20.3 Å². The van der Waals surface area contributed by atoms with Gasteiger partial charge in [0, 0.05) is 17.4 Å². The Bertz CT molecular complexity index is 1400. The number of alkyl halides is 3. The molecule has 0 unspecified atom stereocenters. The number of carbonyl (C=O) groups excluding carboxylic acids is 3. The molecule has 0 aromatic heterocycles. The zero-order valence-corrected chi connectivity index (χ0v) is 20.0. The molecule has 0 aliphatic carbocycles. The highest BCUT2D eigenvalue weighted by atomic mass is 35.5. The molecular weight excluding hydrogens is 511 g/mol. The number of hydrogen-bond acceptors (Lipinski definition) is 5. The molecule has 0 radical (unpaired) electrons. The van der Waals surface area contributed by atoms with Gasteiger partial charge in [0.25, 0.3) is 11.8 Å². The summed E-state index contributed by atoms with van der Waals surface area (Å²) in [5, 5.41) is 5.06. The summed E-state index contributed by atoms with van der Waals surface area (Å²) in [5.41, 5.74) is 0.112. The summed E-state index contributed by atoms with van der Waals surface area (Å²) < 4.78 is 44.4. The van der Waals surface area contributed by atoms with Crippen molar-refractivity contribution in [2.45, 2.75) is 12.6 Å². The van der Waals surface area contributed by atoms with Gasteiger partial charge < -0.3 is 15.4 Å². The van der Waals surface area contributed by atoms with Gasteiger partial charge in [0.2, 0.25) is 5.91 Å². The van der Waals surface area contributed by atoms with Crippen molar-refractivity contribution in [2.24, 2.45) is 0 Å². The molecule has 0 spiro atoms. The summed E-state index contributed by atoms with van der Waals surface area (Å²) in [6.45, 7) is 0. The molecule has 0 saturated carbocycles. The van der Waals surface area contributed by atoms with Crippen molar-refractivity contribution in [1.29, 1.82) is 0 Å². The van der Waals surface area contributed by atoms with Crippen molar-refractivity contribution >= 4 is 46.4 Å². The zero-order chi connectivity index (χ0) is 26.7. The Morgan fingerprint density at radius 2 is 1.65 bits per heavy atom. The maximum Gasteiger partial charge on any atom is 0.416 e. The fourth-order valence-corrected chi connectivity index (χ4v) is 3.82. The van der Waals surface area contributed by atoms with Gasteiger partial charge in [0.1, 0.15) is 16.5 Å². The molecular formula is C26H19ClF3N3O4. The second-order valence-electron chi connectivity index (χ2n) is 7.96. The van der Waals surface area contributed by atoms with E-state index in [0.717, 1.165) is 12.1 Å². The average Bonchev–Trinajstić information content (AvgIpc) is 3.07. The maximum absolute atomic E-state index is 13.1. The third-order valence-electron chi connectivity index (χ3n) is 5.40. The molecule has 1 aliphatic heterocycles. The molecule has 4 rings (SSSR count). The highest BCUT2D eigenvalue weighted by Gasteiger charge is 2.40.